The molecule has 0 aliphatic carbocycles. The number of nitrogens with zero attached hydrogens (tertiary/aromatic N) is 3. The molecule has 0 bridgehead atoms. The quantitative estimate of drug-likeness (QED) is 0.432. The van der Waals surface area contributed by atoms with Gasteiger partial charge in [-0.3, -0.25) is 4.57 Å². The van der Waals surface area contributed by atoms with Gasteiger partial charge in [-0.1, -0.05) is 12.1 Å². The number of pyridine rings is 1. The largest absolute Gasteiger partial charge is 0.419 e. The third-order valence-corrected chi connectivity index (χ3v) is 7.67. The number of para-hydroxylation sites is 2. The average Bonchev–Trinajstić information content (AvgIpc) is 3.34. The van der Waals surface area contributed by atoms with Crippen LogP contribution >= 0.6 is 11.8 Å². The van der Waals surface area contributed by atoms with Crippen molar-refractivity contribution in [1.29, 1.82) is 0 Å². The Bertz CT molecular complexity index is 1110. The summed E-state index contributed by atoms with van der Waals surface area (Å²) in [7, 11) is -3.42. The summed E-state index contributed by atoms with van der Waals surface area (Å²) in [6, 6.07) is 10.7. The predicted octanol–water partition coefficient (Wildman–Crippen LogP) is 2.96. The first-order valence-corrected chi connectivity index (χ1v) is 11.7. The van der Waals surface area contributed by atoms with E-state index in [2.05, 4.69) is 4.98 Å². The molecule has 148 valence electrons. The van der Waals surface area contributed by atoms with Gasteiger partial charge in [0.15, 0.2) is 5.58 Å². The Morgan fingerprint density at radius 2 is 1.89 bits per heavy atom. The van der Waals surface area contributed by atoms with Gasteiger partial charge in [-0.05, 0) is 43.5 Å². The monoisotopic (exact) mass is 419 g/mol. The summed E-state index contributed by atoms with van der Waals surface area (Å²) in [6.07, 6.45) is 4.03. The van der Waals surface area contributed by atoms with Gasteiger partial charge in [0.2, 0.25) is 10.0 Å². The Labute approximate surface area is 167 Å². The number of aryl methyl sites for hydroxylation is 1. The van der Waals surface area contributed by atoms with Crippen molar-refractivity contribution < 1.29 is 12.8 Å². The Morgan fingerprint density at radius 3 is 2.64 bits per heavy atom. The maximum Gasteiger partial charge on any atom is 0.419 e. The molecule has 1 aliphatic heterocycles. The van der Waals surface area contributed by atoms with E-state index in [-0.39, 0.29) is 10.7 Å². The minimum absolute atomic E-state index is 0.246. The van der Waals surface area contributed by atoms with E-state index in [1.807, 2.05) is 18.2 Å². The van der Waals surface area contributed by atoms with Gasteiger partial charge in [-0.25, -0.2) is 18.2 Å². The highest BCUT2D eigenvalue weighted by molar-refractivity contribution is 7.99. The highest BCUT2D eigenvalue weighted by Gasteiger charge is 2.27. The average molecular weight is 420 g/mol. The summed E-state index contributed by atoms with van der Waals surface area (Å²) in [5.41, 5.74) is 1.39. The zero-order chi connectivity index (χ0) is 19.6. The van der Waals surface area contributed by atoms with Gasteiger partial charge in [0, 0.05) is 31.6 Å². The SMILES string of the molecule is O=c1oc2ccccc2n1CCCSc1ccc(S(=O)(=O)N2CCCC2)cn1. The summed E-state index contributed by atoms with van der Waals surface area (Å²) in [6.45, 7) is 1.73. The second-order valence-corrected chi connectivity index (χ2v) is 9.69. The van der Waals surface area contributed by atoms with Crippen molar-refractivity contribution in [1.82, 2.24) is 13.9 Å². The molecule has 7 nitrogen and oxygen atoms in total. The van der Waals surface area contributed by atoms with Crippen molar-refractivity contribution in [2.24, 2.45) is 0 Å². The van der Waals surface area contributed by atoms with Crippen molar-refractivity contribution in [3.8, 4) is 0 Å². The van der Waals surface area contributed by atoms with Crippen LogP contribution in [0.4, 0.5) is 0 Å². The maximum atomic E-state index is 12.5. The molecule has 0 atom stereocenters. The minimum Gasteiger partial charge on any atom is -0.408 e. The minimum atomic E-state index is -3.42. The fourth-order valence-corrected chi connectivity index (χ4v) is 5.54. The molecule has 0 unspecified atom stereocenters. The molecule has 28 heavy (non-hydrogen) atoms. The van der Waals surface area contributed by atoms with E-state index in [0.717, 1.165) is 35.6 Å². The van der Waals surface area contributed by atoms with Crippen LogP contribution < -0.4 is 5.76 Å². The number of benzene rings is 1. The second-order valence-electron chi connectivity index (χ2n) is 6.63. The summed E-state index contributed by atoms with van der Waals surface area (Å²) < 4.78 is 33.4. The summed E-state index contributed by atoms with van der Waals surface area (Å²) in [5, 5.41) is 0.768. The third kappa shape index (κ3) is 3.87. The first kappa shape index (κ1) is 19.2. The maximum absolute atomic E-state index is 12.5. The zero-order valence-electron chi connectivity index (χ0n) is 15.3. The van der Waals surface area contributed by atoms with E-state index in [0.29, 0.717) is 25.2 Å². The van der Waals surface area contributed by atoms with Crippen molar-refractivity contribution in [3.63, 3.8) is 0 Å². The van der Waals surface area contributed by atoms with Crippen molar-refractivity contribution in [2.45, 2.75) is 35.7 Å². The Balaban J connectivity index is 1.34. The number of sulfonamides is 1. The first-order valence-electron chi connectivity index (χ1n) is 9.23. The molecule has 0 N–H and O–H groups in total. The van der Waals surface area contributed by atoms with E-state index in [9.17, 15) is 13.2 Å². The number of hydrogen-bond acceptors (Lipinski definition) is 6. The van der Waals surface area contributed by atoms with Crippen molar-refractivity contribution >= 4 is 32.9 Å². The molecule has 4 rings (SSSR count). The Kier molecular flexibility index (Phi) is 5.56. The van der Waals surface area contributed by atoms with Gasteiger partial charge < -0.3 is 4.42 Å². The topological polar surface area (TPSA) is 85.4 Å². The van der Waals surface area contributed by atoms with Crippen LogP contribution in [0.25, 0.3) is 11.1 Å². The normalized spacial score (nSPS) is 15.4. The molecule has 3 aromatic rings. The molecular weight excluding hydrogens is 398 g/mol. The highest BCUT2D eigenvalue weighted by atomic mass is 32.2. The van der Waals surface area contributed by atoms with Crippen molar-refractivity contribution in [3.05, 3.63) is 53.1 Å². The lowest BCUT2D eigenvalue weighted by Crippen LogP contribution is -2.27. The standard InChI is InChI=1S/C19H21N3O4S2/c23-19-22(16-6-1-2-7-17(16)26-19)12-5-13-27-18-9-8-15(14-20-18)28(24,25)21-10-3-4-11-21/h1-2,6-9,14H,3-5,10-13H2. The number of rotatable bonds is 7. The number of aromatic nitrogens is 2. The van der Waals surface area contributed by atoms with Crippen LogP contribution in [-0.2, 0) is 16.6 Å². The van der Waals surface area contributed by atoms with E-state index in [1.165, 1.54) is 22.3 Å². The van der Waals surface area contributed by atoms with Crippen LogP contribution in [0.3, 0.4) is 0 Å². The summed E-state index contributed by atoms with van der Waals surface area (Å²) >= 11 is 1.54. The van der Waals surface area contributed by atoms with Gasteiger partial charge in [-0.2, -0.15) is 4.31 Å². The molecule has 9 heteroatoms. The fourth-order valence-electron chi connectivity index (χ4n) is 3.31. The lowest BCUT2D eigenvalue weighted by Gasteiger charge is -2.15. The van der Waals surface area contributed by atoms with Crippen LogP contribution in [0.2, 0.25) is 0 Å². The molecule has 1 aromatic carbocycles. The van der Waals surface area contributed by atoms with E-state index >= 15 is 0 Å². The summed E-state index contributed by atoms with van der Waals surface area (Å²) in [5.74, 6) is 0.415. The third-order valence-electron chi connectivity index (χ3n) is 4.76. The first-order chi connectivity index (χ1) is 13.6. The van der Waals surface area contributed by atoms with E-state index in [4.69, 9.17) is 4.42 Å². The van der Waals surface area contributed by atoms with Gasteiger partial charge in [0.1, 0.15) is 4.90 Å². The summed E-state index contributed by atoms with van der Waals surface area (Å²) in [4.78, 5) is 16.5. The van der Waals surface area contributed by atoms with Gasteiger partial charge in [-0.15, -0.1) is 11.8 Å². The number of thioether (sulfide) groups is 1. The second kappa shape index (κ2) is 8.10. The molecule has 0 amide bonds. The molecule has 1 aliphatic rings. The number of fused-ring (bicyclic) bond motifs is 1. The van der Waals surface area contributed by atoms with Crippen LogP contribution in [-0.4, -0.2) is 41.1 Å². The number of oxazole rings is 1. The molecule has 1 saturated heterocycles. The lowest BCUT2D eigenvalue weighted by molar-refractivity contribution is 0.477. The van der Waals surface area contributed by atoms with Crippen LogP contribution in [0.5, 0.6) is 0 Å². The van der Waals surface area contributed by atoms with E-state index in [1.54, 1.807) is 22.8 Å². The van der Waals surface area contributed by atoms with Gasteiger partial charge >= 0.3 is 5.76 Å². The molecule has 0 spiro atoms. The highest BCUT2D eigenvalue weighted by Crippen LogP contribution is 2.23. The number of hydrogen-bond donors (Lipinski definition) is 0. The smallest absolute Gasteiger partial charge is 0.408 e. The molecule has 3 heterocycles. The van der Waals surface area contributed by atoms with Crippen LogP contribution in [0.1, 0.15) is 19.3 Å². The fraction of sp³-hybridized carbons (Fsp3) is 0.368. The molecule has 1 fully saturated rings. The van der Waals surface area contributed by atoms with Gasteiger partial charge in [0.05, 0.1) is 10.5 Å². The molecule has 2 aromatic heterocycles. The Morgan fingerprint density at radius 1 is 1.11 bits per heavy atom. The predicted molar refractivity (Wildman–Crippen MR) is 108 cm³/mol. The van der Waals surface area contributed by atoms with Crippen LogP contribution in [0.15, 0.2) is 61.7 Å². The molecule has 0 radical (unpaired) electrons. The van der Waals surface area contributed by atoms with Crippen molar-refractivity contribution in [2.75, 3.05) is 18.8 Å². The molecular formula is C19H21N3O4S2. The molecule has 0 saturated carbocycles. The van der Waals surface area contributed by atoms with E-state index < -0.39 is 10.0 Å². The lowest BCUT2D eigenvalue weighted by atomic mass is 10.3. The Hall–Kier alpha value is -2.10. The zero-order valence-corrected chi connectivity index (χ0v) is 16.9. The van der Waals surface area contributed by atoms with Gasteiger partial charge in [0.25, 0.3) is 0 Å². The van der Waals surface area contributed by atoms with Crippen LogP contribution in [0, 0.1) is 0 Å².